The zero-order valence-corrected chi connectivity index (χ0v) is 19.1. The number of benzene rings is 2. The maximum atomic E-state index is 13.6. The van der Waals surface area contributed by atoms with E-state index in [1.165, 1.54) is 12.1 Å². The van der Waals surface area contributed by atoms with Crippen molar-refractivity contribution in [2.45, 2.75) is 38.1 Å². The molecule has 3 N–H and O–H groups in total. The quantitative estimate of drug-likeness (QED) is 0.327. The summed E-state index contributed by atoms with van der Waals surface area (Å²) in [6.45, 7) is 3.65. The number of quaternary nitrogens is 1. The number of nitrogens with zero attached hydrogens (tertiary/aromatic N) is 2. The first-order chi connectivity index (χ1) is 15.4. The van der Waals surface area contributed by atoms with Crippen LogP contribution >= 0.6 is 11.6 Å². The van der Waals surface area contributed by atoms with E-state index in [1.807, 2.05) is 30.3 Å². The van der Waals surface area contributed by atoms with E-state index in [-0.39, 0.29) is 11.7 Å². The van der Waals surface area contributed by atoms with E-state index in [0.717, 1.165) is 49.3 Å². The maximum Gasteiger partial charge on any atom is 0.238 e. The Morgan fingerprint density at radius 3 is 2.41 bits per heavy atom. The Kier molecular flexibility index (Phi) is 6.31. The van der Waals surface area contributed by atoms with Gasteiger partial charge < -0.3 is 5.73 Å². The third-order valence-electron chi connectivity index (χ3n) is 6.89. The van der Waals surface area contributed by atoms with Gasteiger partial charge in [0, 0.05) is 6.42 Å². The van der Waals surface area contributed by atoms with E-state index in [9.17, 15) is 4.39 Å². The number of aliphatic imine (C=N–C) groups is 1. The zero-order valence-electron chi connectivity index (χ0n) is 18.3. The molecule has 1 heterocycles. The number of likely N-dealkylation sites (tertiary alicyclic amines) is 1. The fraction of sp³-hybridized carbons (Fsp3) is 0.308. The van der Waals surface area contributed by atoms with E-state index in [0.29, 0.717) is 21.6 Å². The van der Waals surface area contributed by atoms with Crippen molar-refractivity contribution in [1.29, 1.82) is 5.41 Å². The van der Waals surface area contributed by atoms with E-state index in [1.54, 1.807) is 12.1 Å². The fourth-order valence-corrected chi connectivity index (χ4v) is 5.53. The summed E-state index contributed by atoms with van der Waals surface area (Å²) in [5.74, 6) is 0.609. The SMILES string of the molecule is CC1=CC=CCC1(C(=N)N)[N+]1(C(=Nc2ccc(F)cc2)c2ccccc2Cl)CCCCC1. The number of halogens is 2. The maximum absolute atomic E-state index is 13.6. The van der Waals surface area contributed by atoms with E-state index < -0.39 is 5.54 Å². The molecule has 0 amide bonds. The van der Waals surface area contributed by atoms with Gasteiger partial charge in [-0.15, -0.1) is 0 Å². The Hall–Kier alpha value is -2.76. The van der Waals surface area contributed by atoms with Crippen molar-refractivity contribution in [3.63, 3.8) is 0 Å². The average molecular weight is 452 g/mol. The standard InChI is InChI=1S/C26H29ClFN4/c1-19-9-5-6-16-26(19,25(29)30)32(17-7-2-8-18-32)24(22-10-3-4-11-23(22)27)31-21-14-12-20(28)13-15-21/h3-6,9-15H,2,7-8,16-18H2,1H3,(H3,29,30)/q+1. The van der Waals surface area contributed by atoms with Crippen molar-refractivity contribution in [3.8, 4) is 0 Å². The molecule has 1 saturated heterocycles. The third kappa shape index (κ3) is 3.70. The molecule has 2 aromatic carbocycles. The van der Waals surface area contributed by atoms with Crippen LogP contribution < -0.4 is 5.73 Å². The minimum atomic E-state index is -0.743. The van der Waals surface area contributed by atoms with Crippen LogP contribution in [0.25, 0.3) is 0 Å². The molecule has 6 heteroatoms. The summed E-state index contributed by atoms with van der Waals surface area (Å²) >= 11 is 6.73. The van der Waals surface area contributed by atoms with Crippen LogP contribution in [0.5, 0.6) is 0 Å². The van der Waals surface area contributed by atoms with Gasteiger partial charge in [0.05, 0.1) is 29.4 Å². The van der Waals surface area contributed by atoms with Gasteiger partial charge >= 0.3 is 0 Å². The monoisotopic (exact) mass is 451 g/mol. The molecule has 0 spiro atoms. The second-order valence-electron chi connectivity index (χ2n) is 8.62. The molecule has 4 rings (SSSR count). The summed E-state index contributed by atoms with van der Waals surface area (Å²) in [6, 6.07) is 13.9. The molecule has 1 atom stereocenters. The molecule has 1 unspecified atom stereocenters. The van der Waals surface area contributed by atoms with Crippen molar-refractivity contribution >= 4 is 29.0 Å². The van der Waals surface area contributed by atoms with Crippen LogP contribution in [0.1, 0.15) is 38.2 Å². The second kappa shape index (κ2) is 9.00. The molecule has 1 fully saturated rings. The highest BCUT2D eigenvalue weighted by atomic mass is 35.5. The molecule has 0 bridgehead atoms. The Morgan fingerprint density at radius 1 is 1.09 bits per heavy atom. The van der Waals surface area contributed by atoms with Gasteiger partial charge in [-0.1, -0.05) is 42.0 Å². The highest BCUT2D eigenvalue weighted by Gasteiger charge is 2.58. The molecule has 32 heavy (non-hydrogen) atoms. The van der Waals surface area contributed by atoms with Crippen molar-refractivity contribution in [2.24, 2.45) is 10.7 Å². The van der Waals surface area contributed by atoms with Gasteiger partial charge in [0.15, 0.2) is 11.4 Å². The molecule has 0 saturated carbocycles. The first-order valence-electron chi connectivity index (χ1n) is 11.1. The van der Waals surface area contributed by atoms with E-state index in [4.69, 9.17) is 27.7 Å². The summed E-state index contributed by atoms with van der Waals surface area (Å²) in [5, 5.41) is 9.40. The van der Waals surface area contributed by atoms with Gasteiger partial charge in [-0.3, -0.25) is 9.89 Å². The van der Waals surface area contributed by atoms with Crippen molar-refractivity contribution in [1.82, 2.24) is 0 Å². The van der Waals surface area contributed by atoms with Crippen LogP contribution in [0.15, 0.2) is 77.3 Å². The van der Waals surface area contributed by atoms with Crippen LogP contribution in [0.4, 0.5) is 10.1 Å². The van der Waals surface area contributed by atoms with Crippen molar-refractivity contribution in [3.05, 3.63) is 88.7 Å². The number of rotatable bonds is 4. The van der Waals surface area contributed by atoms with E-state index >= 15 is 0 Å². The number of piperidine rings is 1. The largest absolute Gasteiger partial charge is 0.382 e. The lowest BCUT2D eigenvalue weighted by Crippen LogP contribution is -2.74. The molecule has 4 nitrogen and oxygen atoms in total. The summed E-state index contributed by atoms with van der Waals surface area (Å²) in [7, 11) is 0. The summed E-state index contributed by atoms with van der Waals surface area (Å²) in [4.78, 5) is 5.10. The van der Waals surface area contributed by atoms with E-state index in [2.05, 4.69) is 19.1 Å². The highest BCUT2D eigenvalue weighted by Crippen LogP contribution is 2.44. The molecular formula is C26H29ClFN4+. The Bertz CT molecular complexity index is 1100. The van der Waals surface area contributed by atoms with Crippen molar-refractivity contribution < 1.29 is 8.87 Å². The minimum absolute atomic E-state index is 0.136. The number of nitrogens with one attached hydrogen (secondary N) is 1. The molecule has 1 aliphatic heterocycles. The molecule has 0 radical (unpaired) electrons. The summed E-state index contributed by atoms with van der Waals surface area (Å²) in [6.07, 6.45) is 9.92. The smallest absolute Gasteiger partial charge is 0.238 e. The second-order valence-corrected chi connectivity index (χ2v) is 9.03. The Labute approximate surface area is 194 Å². The number of hydrogen-bond acceptors (Lipinski definition) is 2. The van der Waals surface area contributed by atoms with Crippen LogP contribution in [-0.2, 0) is 0 Å². The van der Waals surface area contributed by atoms with Gasteiger partial charge in [-0.2, -0.15) is 4.99 Å². The highest BCUT2D eigenvalue weighted by molar-refractivity contribution is 6.33. The van der Waals surface area contributed by atoms with Gasteiger partial charge in [0.2, 0.25) is 5.84 Å². The normalized spacial score (nSPS) is 23.0. The van der Waals surface area contributed by atoms with Gasteiger partial charge in [0.25, 0.3) is 0 Å². The van der Waals surface area contributed by atoms with Gasteiger partial charge in [-0.05, 0) is 68.2 Å². The molecular weight excluding hydrogens is 423 g/mol. The molecule has 2 aromatic rings. The predicted molar refractivity (Wildman–Crippen MR) is 130 cm³/mol. The molecule has 1 aliphatic carbocycles. The predicted octanol–water partition coefficient (Wildman–Crippen LogP) is 6.14. The lowest BCUT2D eigenvalue weighted by Gasteiger charge is -2.55. The molecule has 0 aromatic heterocycles. The number of hydrogen-bond donors (Lipinski definition) is 2. The zero-order chi connectivity index (χ0) is 22.8. The molecule has 166 valence electrons. The van der Waals surface area contributed by atoms with Crippen LogP contribution in [0.2, 0.25) is 5.02 Å². The topological polar surface area (TPSA) is 62.2 Å². The first-order valence-corrected chi connectivity index (χ1v) is 11.4. The Morgan fingerprint density at radius 2 is 1.78 bits per heavy atom. The average Bonchev–Trinajstić information content (AvgIpc) is 2.80. The lowest BCUT2D eigenvalue weighted by molar-refractivity contribution is -0.881. The number of allylic oxidation sites excluding steroid dienone is 2. The van der Waals surface area contributed by atoms with Gasteiger partial charge in [-0.25, -0.2) is 4.39 Å². The third-order valence-corrected chi connectivity index (χ3v) is 7.22. The van der Waals surface area contributed by atoms with Crippen LogP contribution in [0.3, 0.4) is 0 Å². The summed E-state index contributed by atoms with van der Waals surface area (Å²) in [5.41, 5.74) is 8.21. The first kappa shape index (κ1) is 22.4. The fourth-order valence-electron chi connectivity index (χ4n) is 5.31. The van der Waals surface area contributed by atoms with Gasteiger partial charge in [0.1, 0.15) is 5.82 Å². The van der Waals surface area contributed by atoms with Crippen molar-refractivity contribution in [2.75, 3.05) is 13.1 Å². The number of nitrogens with two attached hydrogens (primary N) is 1. The lowest BCUT2D eigenvalue weighted by atomic mass is 9.76. The summed E-state index contributed by atoms with van der Waals surface area (Å²) < 4.78 is 14.0. The van der Waals surface area contributed by atoms with Crippen LogP contribution in [0, 0.1) is 11.2 Å². The number of amidine groups is 2. The molecule has 2 aliphatic rings. The Balaban J connectivity index is 2.04. The minimum Gasteiger partial charge on any atom is -0.382 e. The van der Waals surface area contributed by atoms with Crippen LogP contribution in [-0.4, -0.2) is 34.8 Å².